The number of likely N-dealkylation sites (N-methyl/N-ethyl adjacent to an activating group) is 1. The van der Waals surface area contributed by atoms with Crippen molar-refractivity contribution >= 4 is 7.83 Å². The van der Waals surface area contributed by atoms with E-state index in [4.69, 9.17) is 4.52 Å². The minimum Gasteiger partial charge on any atom is -0.326 e. The van der Waals surface area contributed by atoms with Crippen molar-refractivity contribution in [1.82, 2.24) is 4.67 Å². The molecule has 0 aliphatic heterocycles. The molecule has 0 aromatic carbocycles. The monoisotopic (exact) mass is 267 g/mol. The van der Waals surface area contributed by atoms with Crippen LogP contribution in [0.3, 0.4) is 0 Å². The lowest BCUT2D eigenvalue weighted by atomic mass is 9.91. The van der Waals surface area contributed by atoms with Gasteiger partial charge in [0.2, 0.25) is 0 Å². The molecule has 0 aromatic rings. The lowest BCUT2D eigenvalue weighted by Crippen LogP contribution is -2.53. The minimum atomic E-state index is -4.12. The van der Waals surface area contributed by atoms with Gasteiger partial charge in [0.1, 0.15) is 12.1 Å². The predicted molar refractivity (Wildman–Crippen MR) is 67.6 cm³/mol. The maximum Gasteiger partial charge on any atom is 0.445 e. The van der Waals surface area contributed by atoms with Gasteiger partial charge < -0.3 is 4.48 Å². The number of quaternary nitrogens is 1. The Morgan fingerprint density at radius 3 is 2.24 bits per heavy atom. The van der Waals surface area contributed by atoms with E-state index in [-0.39, 0.29) is 12.1 Å². The second kappa shape index (κ2) is 5.35. The normalized spacial score (nSPS) is 30.3. The molecular weight excluding hydrogens is 242 g/mol. The van der Waals surface area contributed by atoms with Gasteiger partial charge in [-0.05, 0) is 26.9 Å². The summed E-state index contributed by atoms with van der Waals surface area (Å²) >= 11 is 0. The van der Waals surface area contributed by atoms with Gasteiger partial charge in [-0.2, -0.15) is 0 Å². The number of nitrogens with zero attached hydrogens (tertiary/aromatic N) is 2. The van der Waals surface area contributed by atoms with Crippen molar-refractivity contribution in [3.05, 3.63) is 0 Å². The molecule has 0 heterocycles. The van der Waals surface area contributed by atoms with Crippen LogP contribution < -0.4 is 0 Å². The second-order valence-corrected chi connectivity index (χ2v) is 7.82. The topological polar surface area (TPSA) is 29.5 Å². The molecule has 1 unspecified atom stereocenters. The average Bonchev–Trinajstić information content (AvgIpc) is 2.15. The lowest BCUT2D eigenvalue weighted by molar-refractivity contribution is -0.900. The van der Waals surface area contributed by atoms with Crippen LogP contribution in [-0.4, -0.2) is 56.5 Å². The molecule has 0 bridgehead atoms. The summed E-state index contributed by atoms with van der Waals surface area (Å²) in [5, 5.41) is 0. The van der Waals surface area contributed by atoms with Crippen LogP contribution in [-0.2, 0) is 9.09 Å². The van der Waals surface area contributed by atoms with E-state index in [0.29, 0.717) is 0 Å². The fourth-order valence-electron chi connectivity index (χ4n) is 2.35. The first-order valence-electron chi connectivity index (χ1n) is 6.11. The van der Waals surface area contributed by atoms with Crippen LogP contribution in [0.15, 0.2) is 0 Å². The predicted octanol–water partition coefficient (Wildman–Crippen LogP) is 2.66. The first kappa shape index (κ1) is 15.1. The molecule has 0 radical (unpaired) electrons. The van der Waals surface area contributed by atoms with Gasteiger partial charge in [0.05, 0.1) is 21.1 Å². The van der Waals surface area contributed by atoms with Gasteiger partial charge >= 0.3 is 7.83 Å². The molecule has 3 atom stereocenters. The third-order valence-corrected chi connectivity index (χ3v) is 4.89. The van der Waals surface area contributed by atoms with Crippen LogP contribution in [0.25, 0.3) is 0 Å². The maximum absolute atomic E-state index is 13.8. The molecule has 0 amide bonds. The summed E-state index contributed by atoms with van der Waals surface area (Å²) in [7, 11) is 5.01. The zero-order chi connectivity index (χ0) is 13.3. The van der Waals surface area contributed by atoms with Gasteiger partial charge in [-0.15, -0.1) is 4.20 Å². The van der Waals surface area contributed by atoms with Crippen LogP contribution >= 0.6 is 7.83 Å². The van der Waals surface area contributed by atoms with Crippen LogP contribution in [0.2, 0.25) is 0 Å². The number of hydrogen-bond acceptors (Lipinski definition) is 2. The van der Waals surface area contributed by atoms with Crippen LogP contribution in [0.1, 0.15) is 25.7 Å². The lowest BCUT2D eigenvalue weighted by Gasteiger charge is -2.41. The van der Waals surface area contributed by atoms with Crippen LogP contribution in [0.5, 0.6) is 0 Å². The zero-order valence-corrected chi connectivity index (χ0v) is 12.4. The van der Waals surface area contributed by atoms with Gasteiger partial charge in [-0.25, -0.2) is 9.24 Å². The van der Waals surface area contributed by atoms with E-state index < -0.39 is 7.83 Å². The molecule has 1 rings (SSSR count). The summed E-state index contributed by atoms with van der Waals surface area (Å²) in [6.07, 6.45) is 3.71. The highest BCUT2D eigenvalue weighted by molar-refractivity contribution is 7.50. The van der Waals surface area contributed by atoms with Gasteiger partial charge in [-0.1, -0.05) is 6.42 Å². The Bertz CT molecular complexity index is 304. The Balaban J connectivity index is 2.77. The van der Waals surface area contributed by atoms with E-state index in [2.05, 4.69) is 21.1 Å². The van der Waals surface area contributed by atoms with E-state index in [1.807, 2.05) is 0 Å². The van der Waals surface area contributed by atoms with Crippen LogP contribution in [0, 0.1) is 0 Å². The molecule has 0 aromatic heterocycles. The van der Waals surface area contributed by atoms with E-state index in [9.17, 15) is 8.76 Å². The Kier molecular flexibility index (Phi) is 4.75. The maximum atomic E-state index is 13.8. The van der Waals surface area contributed by atoms with Crippen molar-refractivity contribution in [2.45, 2.75) is 37.8 Å². The highest BCUT2D eigenvalue weighted by Gasteiger charge is 2.41. The van der Waals surface area contributed by atoms with Crippen molar-refractivity contribution in [3.8, 4) is 0 Å². The zero-order valence-electron chi connectivity index (χ0n) is 11.5. The molecule has 1 aliphatic rings. The molecule has 6 heteroatoms. The quantitative estimate of drug-likeness (QED) is 0.579. The van der Waals surface area contributed by atoms with E-state index in [1.54, 1.807) is 0 Å². The Morgan fingerprint density at radius 2 is 1.76 bits per heavy atom. The smallest absolute Gasteiger partial charge is 0.326 e. The summed E-state index contributed by atoms with van der Waals surface area (Å²) in [6.45, 7) is 0. The fraction of sp³-hybridized carbons (Fsp3) is 1.00. The van der Waals surface area contributed by atoms with Gasteiger partial charge in [0.25, 0.3) is 0 Å². The second-order valence-electron chi connectivity index (χ2n) is 5.91. The number of rotatable bonds is 4. The molecule has 1 aliphatic carbocycles. The average molecular weight is 267 g/mol. The summed E-state index contributed by atoms with van der Waals surface area (Å²) in [5.74, 6) is 0. The molecule has 102 valence electrons. The minimum absolute atomic E-state index is 0.216. The van der Waals surface area contributed by atoms with Crippen molar-refractivity contribution in [3.63, 3.8) is 0 Å². The van der Waals surface area contributed by atoms with Crippen molar-refractivity contribution < 1.29 is 17.8 Å². The number of hydrogen-bond donors (Lipinski definition) is 0. The van der Waals surface area contributed by atoms with Crippen molar-refractivity contribution in [2.75, 3.05) is 35.2 Å². The van der Waals surface area contributed by atoms with Gasteiger partial charge in [0.15, 0.2) is 0 Å². The highest BCUT2D eigenvalue weighted by Crippen LogP contribution is 2.53. The molecule has 0 N–H and O–H groups in total. The molecule has 0 saturated heterocycles. The molecule has 1 fully saturated rings. The molecule has 1 saturated carbocycles. The van der Waals surface area contributed by atoms with Crippen molar-refractivity contribution in [2.24, 2.45) is 0 Å². The standard InChI is InChI=1S/C11H25FN2O2P/c1-13(2)17(12,15)16-11-9-7-6-8-10(11)14(3,4)5/h10-11H,6-9H2,1-5H3/q+1/t10-,11-,17?/m0/s1. The first-order chi connectivity index (χ1) is 7.64. The fourth-order valence-corrected chi connectivity index (χ4v) is 3.12. The summed E-state index contributed by atoms with van der Waals surface area (Å²) in [6, 6.07) is 0.216. The van der Waals surface area contributed by atoms with Gasteiger partial charge in [-0.3, -0.25) is 4.52 Å². The largest absolute Gasteiger partial charge is 0.445 e. The SMILES string of the molecule is CN(C)P(=O)(F)O[C@H]1CCCC[C@@H]1[N+](C)(C)C. The molecule has 4 nitrogen and oxygen atoms in total. The third-order valence-electron chi connectivity index (χ3n) is 3.41. The molecular formula is C11H25FN2O2P+. The Labute approximate surface area is 104 Å². The first-order valence-corrected chi connectivity index (χ1v) is 7.58. The third kappa shape index (κ3) is 4.02. The highest BCUT2D eigenvalue weighted by atomic mass is 31.2. The Hall–Kier alpha value is 0.0400. The Morgan fingerprint density at radius 1 is 1.24 bits per heavy atom. The summed E-state index contributed by atoms with van der Waals surface area (Å²) in [5.41, 5.74) is 0. The summed E-state index contributed by atoms with van der Waals surface area (Å²) < 4.78 is 32.5. The van der Waals surface area contributed by atoms with Crippen molar-refractivity contribution in [1.29, 1.82) is 0 Å². The van der Waals surface area contributed by atoms with E-state index >= 15 is 0 Å². The summed E-state index contributed by atoms with van der Waals surface area (Å²) in [4.78, 5) is 0. The van der Waals surface area contributed by atoms with E-state index in [0.717, 1.165) is 34.8 Å². The van der Waals surface area contributed by atoms with Gasteiger partial charge in [0, 0.05) is 6.42 Å². The molecule has 0 spiro atoms. The number of halogens is 1. The van der Waals surface area contributed by atoms with E-state index in [1.165, 1.54) is 14.1 Å². The van der Waals surface area contributed by atoms with Crippen LogP contribution in [0.4, 0.5) is 4.20 Å². The molecule has 17 heavy (non-hydrogen) atoms.